The summed E-state index contributed by atoms with van der Waals surface area (Å²) in [7, 11) is 0. The first-order valence-corrected chi connectivity index (χ1v) is 5.86. The third-order valence-corrected chi connectivity index (χ3v) is 2.96. The highest BCUT2D eigenvalue weighted by Crippen LogP contribution is 2.26. The lowest BCUT2D eigenvalue weighted by Crippen LogP contribution is -1.98. The van der Waals surface area contributed by atoms with Crippen LogP contribution in [-0.4, -0.2) is 22.2 Å². The third-order valence-electron chi connectivity index (χ3n) is 2.96. The van der Waals surface area contributed by atoms with Crippen molar-refractivity contribution in [3.63, 3.8) is 0 Å². The van der Waals surface area contributed by atoms with Gasteiger partial charge in [0.2, 0.25) is 0 Å². The van der Waals surface area contributed by atoms with Crippen LogP contribution in [0.15, 0.2) is 49.0 Å². The van der Waals surface area contributed by atoms with Gasteiger partial charge in [-0.25, -0.2) is 9.59 Å². The number of carbonyl (C=O) groups is 2. The summed E-state index contributed by atoms with van der Waals surface area (Å²) in [5.74, 6) is -1.98. The normalized spacial score (nSPS) is 10.0. The summed E-state index contributed by atoms with van der Waals surface area (Å²) in [6.07, 6.45) is 1.58. The molecule has 4 heteroatoms. The van der Waals surface area contributed by atoms with Gasteiger partial charge in [0.25, 0.3) is 0 Å². The van der Waals surface area contributed by atoms with Crippen LogP contribution < -0.4 is 0 Å². The minimum atomic E-state index is -0.999. The predicted molar refractivity (Wildman–Crippen MR) is 75.9 cm³/mol. The molecule has 0 amide bonds. The first kappa shape index (κ1) is 13.5. The number of rotatable bonds is 4. The van der Waals surface area contributed by atoms with Gasteiger partial charge in [-0.3, -0.25) is 0 Å². The van der Waals surface area contributed by atoms with E-state index in [1.165, 1.54) is 24.3 Å². The molecule has 0 aliphatic carbocycles. The Morgan fingerprint density at radius 3 is 1.95 bits per heavy atom. The van der Waals surface area contributed by atoms with E-state index in [0.29, 0.717) is 5.56 Å². The number of carboxylic acids is 2. The summed E-state index contributed by atoms with van der Waals surface area (Å²) in [6.45, 7) is 3.68. The van der Waals surface area contributed by atoms with E-state index in [4.69, 9.17) is 10.2 Å². The van der Waals surface area contributed by atoms with Crippen molar-refractivity contribution in [1.82, 2.24) is 0 Å². The first-order chi connectivity index (χ1) is 9.52. The molecule has 2 rings (SSSR count). The Morgan fingerprint density at radius 2 is 1.45 bits per heavy atom. The summed E-state index contributed by atoms with van der Waals surface area (Å²) >= 11 is 0. The summed E-state index contributed by atoms with van der Waals surface area (Å²) in [4.78, 5) is 21.7. The SMILES string of the molecule is C=Cc1cc(C(=O)O)ccc1-c1ccc(C(=O)O)cc1. The van der Waals surface area contributed by atoms with Crippen molar-refractivity contribution in [2.45, 2.75) is 0 Å². The van der Waals surface area contributed by atoms with Crippen molar-refractivity contribution in [1.29, 1.82) is 0 Å². The van der Waals surface area contributed by atoms with E-state index in [1.54, 1.807) is 24.3 Å². The number of carboxylic acid groups (broad SMARTS) is 2. The molecule has 0 aliphatic rings. The van der Waals surface area contributed by atoms with Gasteiger partial charge in [-0.1, -0.05) is 30.9 Å². The standard InChI is InChI=1S/C16H12O4/c1-2-10-9-13(16(19)20)7-8-14(10)11-3-5-12(6-4-11)15(17)18/h2-9H,1H2,(H,17,18)(H,19,20). The topological polar surface area (TPSA) is 74.6 Å². The van der Waals surface area contributed by atoms with E-state index < -0.39 is 11.9 Å². The van der Waals surface area contributed by atoms with Gasteiger partial charge in [0.1, 0.15) is 0 Å². The third kappa shape index (κ3) is 2.59. The van der Waals surface area contributed by atoms with Crippen molar-refractivity contribution in [3.05, 3.63) is 65.7 Å². The molecular formula is C16H12O4. The summed E-state index contributed by atoms with van der Waals surface area (Å²) < 4.78 is 0. The molecule has 0 unspecified atom stereocenters. The minimum absolute atomic E-state index is 0.186. The molecule has 0 spiro atoms. The lowest BCUT2D eigenvalue weighted by Gasteiger charge is -2.08. The van der Waals surface area contributed by atoms with Crippen LogP contribution in [0.2, 0.25) is 0 Å². The van der Waals surface area contributed by atoms with Crippen LogP contribution in [0.4, 0.5) is 0 Å². The van der Waals surface area contributed by atoms with E-state index in [9.17, 15) is 9.59 Å². The zero-order chi connectivity index (χ0) is 14.7. The Kier molecular flexibility index (Phi) is 3.66. The number of aromatic carboxylic acids is 2. The lowest BCUT2D eigenvalue weighted by molar-refractivity contribution is 0.0686. The molecule has 20 heavy (non-hydrogen) atoms. The zero-order valence-corrected chi connectivity index (χ0v) is 10.5. The Bertz CT molecular complexity index is 684. The second-order valence-corrected chi connectivity index (χ2v) is 4.19. The van der Waals surface area contributed by atoms with Gasteiger partial charge in [-0.05, 0) is 41.0 Å². The van der Waals surface area contributed by atoms with E-state index in [2.05, 4.69) is 6.58 Å². The summed E-state index contributed by atoms with van der Waals surface area (Å²) in [5.41, 5.74) is 2.69. The summed E-state index contributed by atoms with van der Waals surface area (Å²) in [6, 6.07) is 11.1. The van der Waals surface area contributed by atoms with Crippen molar-refractivity contribution in [2.75, 3.05) is 0 Å². The Labute approximate surface area is 115 Å². The maximum absolute atomic E-state index is 10.9. The van der Waals surface area contributed by atoms with E-state index >= 15 is 0 Å². The molecule has 0 heterocycles. The van der Waals surface area contributed by atoms with E-state index in [1.807, 2.05) is 0 Å². The molecule has 0 fully saturated rings. The fourth-order valence-electron chi connectivity index (χ4n) is 1.92. The van der Waals surface area contributed by atoms with Crippen LogP contribution in [0.3, 0.4) is 0 Å². The summed E-state index contributed by atoms with van der Waals surface area (Å²) in [5, 5.41) is 17.8. The Morgan fingerprint density at radius 1 is 0.900 bits per heavy atom. The maximum atomic E-state index is 10.9. The predicted octanol–water partition coefficient (Wildman–Crippen LogP) is 3.39. The highest BCUT2D eigenvalue weighted by molar-refractivity contribution is 5.91. The second-order valence-electron chi connectivity index (χ2n) is 4.19. The van der Waals surface area contributed by atoms with Crippen molar-refractivity contribution in [2.24, 2.45) is 0 Å². The van der Waals surface area contributed by atoms with Crippen molar-refractivity contribution >= 4 is 18.0 Å². The van der Waals surface area contributed by atoms with Gasteiger partial charge >= 0.3 is 11.9 Å². The molecule has 0 saturated carbocycles. The molecular weight excluding hydrogens is 256 g/mol. The molecule has 0 atom stereocenters. The largest absolute Gasteiger partial charge is 0.478 e. The smallest absolute Gasteiger partial charge is 0.335 e. The van der Waals surface area contributed by atoms with Gasteiger partial charge in [0.05, 0.1) is 11.1 Å². The fourth-order valence-corrected chi connectivity index (χ4v) is 1.92. The Balaban J connectivity index is 2.49. The average molecular weight is 268 g/mol. The lowest BCUT2D eigenvalue weighted by atomic mass is 9.96. The molecule has 0 aliphatic heterocycles. The molecule has 0 radical (unpaired) electrons. The molecule has 2 aromatic carbocycles. The molecule has 4 nitrogen and oxygen atoms in total. The average Bonchev–Trinajstić information content (AvgIpc) is 2.46. The zero-order valence-electron chi connectivity index (χ0n) is 10.5. The highest BCUT2D eigenvalue weighted by atomic mass is 16.4. The van der Waals surface area contributed by atoms with Crippen LogP contribution in [0, 0.1) is 0 Å². The first-order valence-electron chi connectivity index (χ1n) is 5.86. The van der Waals surface area contributed by atoms with Crippen LogP contribution >= 0.6 is 0 Å². The van der Waals surface area contributed by atoms with Gasteiger partial charge in [-0.2, -0.15) is 0 Å². The quantitative estimate of drug-likeness (QED) is 0.891. The molecule has 2 aromatic rings. The van der Waals surface area contributed by atoms with Crippen LogP contribution in [0.5, 0.6) is 0 Å². The molecule has 100 valence electrons. The second kappa shape index (κ2) is 5.40. The molecule has 0 saturated heterocycles. The number of benzene rings is 2. The van der Waals surface area contributed by atoms with E-state index in [-0.39, 0.29) is 11.1 Å². The van der Waals surface area contributed by atoms with Gasteiger partial charge in [-0.15, -0.1) is 0 Å². The molecule has 2 N–H and O–H groups in total. The van der Waals surface area contributed by atoms with Crippen molar-refractivity contribution in [3.8, 4) is 11.1 Å². The number of hydrogen-bond donors (Lipinski definition) is 2. The van der Waals surface area contributed by atoms with Crippen LogP contribution in [0.25, 0.3) is 17.2 Å². The van der Waals surface area contributed by atoms with Gasteiger partial charge in [0, 0.05) is 0 Å². The Hall–Kier alpha value is -2.88. The molecule has 0 aromatic heterocycles. The van der Waals surface area contributed by atoms with Gasteiger partial charge < -0.3 is 10.2 Å². The van der Waals surface area contributed by atoms with Crippen molar-refractivity contribution < 1.29 is 19.8 Å². The van der Waals surface area contributed by atoms with Crippen LogP contribution in [-0.2, 0) is 0 Å². The highest BCUT2D eigenvalue weighted by Gasteiger charge is 2.09. The minimum Gasteiger partial charge on any atom is -0.478 e. The number of hydrogen-bond acceptors (Lipinski definition) is 2. The monoisotopic (exact) mass is 268 g/mol. The van der Waals surface area contributed by atoms with E-state index in [0.717, 1.165) is 11.1 Å². The van der Waals surface area contributed by atoms with Crippen LogP contribution in [0.1, 0.15) is 26.3 Å². The fraction of sp³-hybridized carbons (Fsp3) is 0. The maximum Gasteiger partial charge on any atom is 0.335 e. The molecule has 0 bridgehead atoms. The van der Waals surface area contributed by atoms with Gasteiger partial charge in [0.15, 0.2) is 0 Å².